The van der Waals surface area contributed by atoms with E-state index in [4.69, 9.17) is 0 Å². The van der Waals surface area contributed by atoms with Crippen LogP contribution in [-0.4, -0.2) is 16.2 Å². The van der Waals surface area contributed by atoms with Gasteiger partial charge < -0.3 is 10.2 Å². The van der Waals surface area contributed by atoms with Crippen molar-refractivity contribution in [1.82, 2.24) is 0 Å². The highest BCUT2D eigenvalue weighted by Crippen LogP contribution is 2.46. The van der Waals surface area contributed by atoms with Crippen LogP contribution >= 0.6 is 0 Å². The molecule has 1 saturated carbocycles. The van der Waals surface area contributed by atoms with Gasteiger partial charge in [-0.3, -0.25) is 0 Å². The number of aliphatic hydroxyl groups excluding tert-OH is 1. The number of hydrogen-bond acceptors (Lipinski definition) is 2. The zero-order valence-corrected chi connectivity index (χ0v) is 12.6. The van der Waals surface area contributed by atoms with E-state index >= 15 is 0 Å². The number of carboxylic acid groups (broad SMARTS) is 1. The largest absolute Gasteiger partial charge is 0.478 e. The first-order chi connectivity index (χ1) is 10.6. The van der Waals surface area contributed by atoms with Gasteiger partial charge in [0.1, 0.15) is 0 Å². The first kappa shape index (κ1) is 14.8. The van der Waals surface area contributed by atoms with Crippen molar-refractivity contribution >= 4 is 5.97 Å². The highest BCUT2D eigenvalue weighted by Gasteiger charge is 2.31. The Morgan fingerprint density at radius 3 is 2.41 bits per heavy atom. The summed E-state index contributed by atoms with van der Waals surface area (Å²) < 4.78 is 0. The third-order valence-electron chi connectivity index (χ3n) is 4.28. The molecule has 0 bridgehead atoms. The fraction of sp³-hybridized carbons (Fsp3) is 0.316. The van der Waals surface area contributed by atoms with Crippen molar-refractivity contribution in [2.24, 2.45) is 0 Å². The molecule has 0 heterocycles. The van der Waals surface area contributed by atoms with Crippen LogP contribution in [0.3, 0.4) is 0 Å². The normalized spacial score (nSPS) is 15.5. The Morgan fingerprint density at radius 2 is 1.86 bits per heavy atom. The van der Waals surface area contributed by atoms with E-state index in [0.717, 1.165) is 35.1 Å². The van der Waals surface area contributed by atoms with E-state index in [2.05, 4.69) is 0 Å². The molecule has 0 aliphatic heterocycles. The summed E-state index contributed by atoms with van der Waals surface area (Å²) >= 11 is 0. The molecular weight excluding hydrogens is 276 g/mol. The Labute approximate surface area is 130 Å². The van der Waals surface area contributed by atoms with Gasteiger partial charge in [0.05, 0.1) is 11.7 Å². The molecule has 1 fully saturated rings. The molecule has 1 aliphatic rings. The molecule has 0 radical (unpaired) electrons. The summed E-state index contributed by atoms with van der Waals surface area (Å²) in [5.74, 6) is -0.507. The molecule has 3 heteroatoms. The first-order valence-electron chi connectivity index (χ1n) is 7.69. The van der Waals surface area contributed by atoms with E-state index in [1.807, 2.05) is 30.3 Å². The molecule has 1 unspecified atom stereocenters. The average molecular weight is 296 g/mol. The molecule has 3 rings (SSSR count). The van der Waals surface area contributed by atoms with Gasteiger partial charge in [0.25, 0.3) is 0 Å². The van der Waals surface area contributed by atoms with E-state index in [-0.39, 0.29) is 0 Å². The SMILES string of the molecule is CC(O)c1ccc(C(=O)O)c(Cc2ccccc2)c1C1CC1. The van der Waals surface area contributed by atoms with Crippen LogP contribution in [0.15, 0.2) is 42.5 Å². The molecule has 114 valence electrons. The Hall–Kier alpha value is -2.13. The Balaban J connectivity index is 2.15. The van der Waals surface area contributed by atoms with Gasteiger partial charge in [-0.05, 0) is 60.4 Å². The standard InChI is InChI=1S/C19H20O3/c1-12(20)15-9-10-16(19(21)22)17(18(15)14-7-8-14)11-13-5-3-2-4-6-13/h2-6,9-10,12,14,20H,7-8,11H2,1H3,(H,21,22). The highest BCUT2D eigenvalue weighted by molar-refractivity contribution is 5.90. The molecule has 0 aromatic heterocycles. The van der Waals surface area contributed by atoms with E-state index in [0.29, 0.717) is 17.9 Å². The average Bonchev–Trinajstić information content (AvgIpc) is 3.32. The molecule has 2 aromatic rings. The van der Waals surface area contributed by atoms with Gasteiger partial charge in [0.2, 0.25) is 0 Å². The zero-order valence-electron chi connectivity index (χ0n) is 12.6. The Morgan fingerprint density at radius 1 is 1.18 bits per heavy atom. The third kappa shape index (κ3) is 2.90. The van der Waals surface area contributed by atoms with Crippen molar-refractivity contribution in [2.75, 3.05) is 0 Å². The van der Waals surface area contributed by atoms with Crippen molar-refractivity contribution < 1.29 is 15.0 Å². The summed E-state index contributed by atoms with van der Waals surface area (Å²) in [6, 6.07) is 13.3. The maximum absolute atomic E-state index is 11.6. The van der Waals surface area contributed by atoms with Crippen LogP contribution in [0.1, 0.15) is 64.4 Å². The number of carbonyl (C=O) groups is 1. The summed E-state index contributed by atoms with van der Waals surface area (Å²) in [4.78, 5) is 11.6. The maximum Gasteiger partial charge on any atom is 0.335 e. The van der Waals surface area contributed by atoms with Crippen LogP contribution in [-0.2, 0) is 6.42 Å². The van der Waals surface area contributed by atoms with Gasteiger partial charge in [-0.15, -0.1) is 0 Å². The molecule has 0 amide bonds. The predicted octanol–water partition coefficient (Wildman–Crippen LogP) is 3.91. The fourth-order valence-corrected chi connectivity index (χ4v) is 3.09. The molecule has 0 saturated heterocycles. The number of carboxylic acids is 1. The van der Waals surface area contributed by atoms with Gasteiger partial charge in [-0.25, -0.2) is 4.79 Å². The summed E-state index contributed by atoms with van der Waals surface area (Å²) in [5, 5.41) is 19.6. The second kappa shape index (κ2) is 5.93. The van der Waals surface area contributed by atoms with Crippen LogP contribution in [0, 0.1) is 0 Å². The van der Waals surface area contributed by atoms with E-state index in [9.17, 15) is 15.0 Å². The minimum atomic E-state index is -0.898. The summed E-state index contributed by atoms with van der Waals surface area (Å²) in [5.41, 5.74) is 4.24. The molecule has 22 heavy (non-hydrogen) atoms. The lowest BCUT2D eigenvalue weighted by molar-refractivity contribution is 0.0695. The molecule has 0 spiro atoms. The van der Waals surface area contributed by atoms with Gasteiger partial charge in [0.15, 0.2) is 0 Å². The van der Waals surface area contributed by atoms with Crippen LogP contribution in [0.5, 0.6) is 0 Å². The topological polar surface area (TPSA) is 57.5 Å². The van der Waals surface area contributed by atoms with Gasteiger partial charge in [0, 0.05) is 0 Å². The number of hydrogen-bond donors (Lipinski definition) is 2. The summed E-state index contributed by atoms with van der Waals surface area (Å²) in [7, 11) is 0. The fourth-order valence-electron chi connectivity index (χ4n) is 3.09. The van der Waals surface area contributed by atoms with Gasteiger partial charge in [-0.2, -0.15) is 0 Å². The molecule has 1 aliphatic carbocycles. The lowest BCUT2D eigenvalue weighted by Crippen LogP contribution is -2.10. The monoisotopic (exact) mass is 296 g/mol. The van der Waals surface area contributed by atoms with Crippen molar-refractivity contribution in [3.8, 4) is 0 Å². The lowest BCUT2D eigenvalue weighted by Gasteiger charge is -2.19. The molecule has 2 N–H and O–H groups in total. The summed E-state index contributed by atoms with van der Waals surface area (Å²) in [6.07, 6.45) is 2.16. The smallest absolute Gasteiger partial charge is 0.335 e. The van der Waals surface area contributed by atoms with Crippen molar-refractivity contribution in [2.45, 2.75) is 38.2 Å². The first-order valence-corrected chi connectivity index (χ1v) is 7.69. The third-order valence-corrected chi connectivity index (χ3v) is 4.28. The second-order valence-electron chi connectivity index (χ2n) is 6.01. The number of rotatable bonds is 5. The molecule has 2 aromatic carbocycles. The lowest BCUT2D eigenvalue weighted by atomic mass is 9.87. The number of aromatic carboxylic acids is 1. The highest BCUT2D eigenvalue weighted by atomic mass is 16.4. The molecule has 3 nitrogen and oxygen atoms in total. The van der Waals surface area contributed by atoms with Gasteiger partial charge in [-0.1, -0.05) is 36.4 Å². The van der Waals surface area contributed by atoms with Crippen molar-refractivity contribution in [3.63, 3.8) is 0 Å². The number of aliphatic hydroxyl groups is 1. The predicted molar refractivity (Wildman–Crippen MR) is 85.3 cm³/mol. The Bertz CT molecular complexity index is 685. The quantitative estimate of drug-likeness (QED) is 0.879. The minimum Gasteiger partial charge on any atom is -0.478 e. The van der Waals surface area contributed by atoms with Crippen molar-refractivity contribution in [1.29, 1.82) is 0 Å². The maximum atomic E-state index is 11.6. The van der Waals surface area contributed by atoms with Crippen molar-refractivity contribution in [3.05, 3.63) is 70.3 Å². The van der Waals surface area contributed by atoms with E-state index in [1.54, 1.807) is 19.1 Å². The van der Waals surface area contributed by atoms with Crippen LogP contribution in [0.4, 0.5) is 0 Å². The minimum absolute atomic E-state index is 0.357. The second-order valence-corrected chi connectivity index (χ2v) is 6.01. The van der Waals surface area contributed by atoms with E-state index < -0.39 is 12.1 Å². The zero-order chi connectivity index (χ0) is 15.7. The molecular formula is C19H20O3. The number of benzene rings is 2. The van der Waals surface area contributed by atoms with Crippen LogP contribution in [0.2, 0.25) is 0 Å². The Kier molecular flexibility index (Phi) is 3.99. The molecule has 1 atom stereocenters. The summed E-state index contributed by atoms with van der Waals surface area (Å²) in [6.45, 7) is 1.74. The van der Waals surface area contributed by atoms with Crippen LogP contribution in [0.25, 0.3) is 0 Å². The van der Waals surface area contributed by atoms with E-state index in [1.165, 1.54) is 0 Å². The van der Waals surface area contributed by atoms with Crippen LogP contribution < -0.4 is 0 Å². The van der Waals surface area contributed by atoms with Gasteiger partial charge >= 0.3 is 5.97 Å².